The molecule has 0 spiro atoms. The predicted molar refractivity (Wildman–Crippen MR) is 242 cm³/mol. The molecule has 0 N–H and O–H groups in total. The minimum absolute atomic E-state index is 0.619. The smallest absolute Gasteiger partial charge is 0.164 e. The normalized spacial score (nSPS) is 11.7. The first-order valence-corrected chi connectivity index (χ1v) is 19.9. The van der Waals surface area contributed by atoms with Crippen molar-refractivity contribution in [3.05, 3.63) is 206 Å². The standard InChI is InChI=1S/C53H34N6/c1-5-16-35(17-6-1)51-54-52(36-18-7-2-8-19-36)56-53(55-51)38-20-15-25-41(30-38)59-49-32-44-42-26-13-14-27-46(42)58(40-23-11-4-12-24-40)48(44)33-45(49)43-31-37-28-29-57(47(37)34-50(43)59)39-21-9-3-10-22-39/h1-34H. The van der Waals surface area contributed by atoms with Gasteiger partial charge in [0.1, 0.15) is 0 Å². The fourth-order valence-corrected chi connectivity index (χ4v) is 8.78. The van der Waals surface area contributed by atoms with E-state index >= 15 is 0 Å². The quantitative estimate of drug-likeness (QED) is 0.170. The lowest BCUT2D eigenvalue weighted by atomic mass is 10.1. The van der Waals surface area contributed by atoms with Crippen molar-refractivity contribution in [3.8, 4) is 51.2 Å². The van der Waals surface area contributed by atoms with Gasteiger partial charge >= 0.3 is 0 Å². The molecule has 12 aromatic rings. The Bertz CT molecular complexity index is 3470. The number of hydrogen-bond donors (Lipinski definition) is 0. The first kappa shape index (κ1) is 33.1. The van der Waals surface area contributed by atoms with Crippen molar-refractivity contribution >= 4 is 54.5 Å². The monoisotopic (exact) mass is 754 g/mol. The number of fused-ring (bicyclic) bond motifs is 7. The average molecular weight is 755 g/mol. The molecule has 59 heavy (non-hydrogen) atoms. The van der Waals surface area contributed by atoms with Crippen molar-refractivity contribution in [2.24, 2.45) is 0 Å². The summed E-state index contributed by atoms with van der Waals surface area (Å²) >= 11 is 0. The van der Waals surface area contributed by atoms with Gasteiger partial charge in [-0.3, -0.25) is 0 Å². The Kier molecular flexibility index (Phi) is 7.43. The van der Waals surface area contributed by atoms with Gasteiger partial charge in [-0.2, -0.15) is 0 Å². The lowest BCUT2D eigenvalue weighted by Crippen LogP contribution is -2.01. The van der Waals surface area contributed by atoms with Crippen molar-refractivity contribution in [1.29, 1.82) is 0 Å². The molecule has 0 radical (unpaired) electrons. The van der Waals surface area contributed by atoms with Crippen LogP contribution in [0.4, 0.5) is 0 Å². The number of para-hydroxylation sites is 3. The van der Waals surface area contributed by atoms with Crippen molar-refractivity contribution in [2.45, 2.75) is 0 Å². The van der Waals surface area contributed by atoms with Gasteiger partial charge in [0.15, 0.2) is 17.5 Å². The van der Waals surface area contributed by atoms with Crippen LogP contribution in [0.2, 0.25) is 0 Å². The minimum Gasteiger partial charge on any atom is -0.316 e. The predicted octanol–water partition coefficient (Wildman–Crippen LogP) is 13.0. The van der Waals surface area contributed by atoms with Crippen LogP contribution < -0.4 is 0 Å². The number of benzene rings is 8. The Morgan fingerprint density at radius 3 is 1.42 bits per heavy atom. The van der Waals surface area contributed by atoms with Gasteiger partial charge in [-0.1, -0.05) is 127 Å². The van der Waals surface area contributed by atoms with E-state index in [1.54, 1.807) is 0 Å². The molecule has 0 bridgehead atoms. The third-order valence-corrected chi connectivity index (χ3v) is 11.5. The van der Waals surface area contributed by atoms with Crippen molar-refractivity contribution < 1.29 is 0 Å². The summed E-state index contributed by atoms with van der Waals surface area (Å²) in [6.07, 6.45) is 2.17. The van der Waals surface area contributed by atoms with Crippen molar-refractivity contribution in [1.82, 2.24) is 28.7 Å². The average Bonchev–Trinajstić information content (AvgIpc) is 3.98. The molecule has 12 rings (SSSR count). The number of aromatic nitrogens is 6. The van der Waals surface area contributed by atoms with Crippen LogP contribution in [0.15, 0.2) is 206 Å². The molecule has 0 atom stereocenters. The summed E-state index contributed by atoms with van der Waals surface area (Å²) in [5, 5.41) is 5.97. The summed E-state index contributed by atoms with van der Waals surface area (Å²) < 4.78 is 7.09. The second kappa shape index (κ2) is 13.3. The van der Waals surface area contributed by atoms with Crippen LogP contribution in [-0.4, -0.2) is 28.7 Å². The topological polar surface area (TPSA) is 53.5 Å². The van der Waals surface area contributed by atoms with Gasteiger partial charge in [0, 0.05) is 66.9 Å². The summed E-state index contributed by atoms with van der Waals surface area (Å²) in [5.41, 5.74) is 11.8. The van der Waals surface area contributed by atoms with E-state index in [1.807, 2.05) is 60.7 Å². The number of hydrogen-bond acceptors (Lipinski definition) is 3. The first-order chi connectivity index (χ1) is 29.2. The Labute approximate surface area is 339 Å². The molecule has 8 aromatic carbocycles. The van der Waals surface area contributed by atoms with E-state index in [0.717, 1.165) is 50.3 Å². The van der Waals surface area contributed by atoms with E-state index in [-0.39, 0.29) is 0 Å². The highest BCUT2D eigenvalue weighted by Crippen LogP contribution is 2.41. The summed E-state index contributed by atoms with van der Waals surface area (Å²) in [6.45, 7) is 0. The van der Waals surface area contributed by atoms with Crippen LogP contribution in [0.5, 0.6) is 0 Å². The second-order valence-electron chi connectivity index (χ2n) is 14.9. The Hall–Kier alpha value is -8.09. The van der Waals surface area contributed by atoms with Crippen LogP contribution in [0.1, 0.15) is 0 Å². The molecule has 4 heterocycles. The fourth-order valence-electron chi connectivity index (χ4n) is 8.78. The molecule has 0 unspecified atom stereocenters. The maximum absolute atomic E-state index is 5.09. The van der Waals surface area contributed by atoms with Gasteiger partial charge in [-0.05, 0) is 72.8 Å². The zero-order chi connectivity index (χ0) is 38.9. The highest BCUT2D eigenvalue weighted by molar-refractivity contribution is 6.20. The molecule has 0 aliphatic carbocycles. The Morgan fingerprint density at radius 1 is 0.288 bits per heavy atom. The van der Waals surface area contributed by atoms with Gasteiger partial charge in [0.05, 0.1) is 27.6 Å². The molecule has 276 valence electrons. The highest BCUT2D eigenvalue weighted by atomic mass is 15.0. The van der Waals surface area contributed by atoms with Gasteiger partial charge in [0.2, 0.25) is 0 Å². The van der Waals surface area contributed by atoms with Crippen molar-refractivity contribution in [2.75, 3.05) is 0 Å². The minimum atomic E-state index is 0.619. The lowest BCUT2D eigenvalue weighted by molar-refractivity contribution is 1.07. The van der Waals surface area contributed by atoms with Crippen LogP contribution in [-0.2, 0) is 0 Å². The zero-order valence-electron chi connectivity index (χ0n) is 31.8. The van der Waals surface area contributed by atoms with E-state index in [1.165, 1.54) is 38.0 Å². The molecule has 6 nitrogen and oxygen atoms in total. The molecule has 0 aliphatic heterocycles. The summed E-state index contributed by atoms with van der Waals surface area (Å²) in [7, 11) is 0. The molecule has 0 saturated carbocycles. The van der Waals surface area contributed by atoms with Crippen LogP contribution >= 0.6 is 0 Å². The van der Waals surface area contributed by atoms with Gasteiger partial charge in [-0.25, -0.2) is 15.0 Å². The largest absolute Gasteiger partial charge is 0.316 e. The van der Waals surface area contributed by atoms with E-state index < -0.39 is 0 Å². The molecule has 0 amide bonds. The van der Waals surface area contributed by atoms with E-state index in [4.69, 9.17) is 15.0 Å². The molecular weight excluding hydrogens is 721 g/mol. The van der Waals surface area contributed by atoms with Gasteiger partial charge in [-0.15, -0.1) is 0 Å². The SMILES string of the molecule is c1ccc(-c2nc(-c3ccccc3)nc(-c3cccc(-n4c5cc6c7ccccc7n(-c7ccccc7)c6cc5c5cc6ccn(-c7ccccc7)c6cc54)c3)n2)cc1. The highest BCUT2D eigenvalue weighted by Gasteiger charge is 2.21. The van der Waals surface area contributed by atoms with Crippen LogP contribution in [0.25, 0.3) is 106 Å². The molecular formula is C53H34N6. The fraction of sp³-hybridized carbons (Fsp3) is 0. The zero-order valence-corrected chi connectivity index (χ0v) is 31.8. The van der Waals surface area contributed by atoms with Crippen LogP contribution in [0.3, 0.4) is 0 Å². The Balaban J connectivity index is 1.14. The third-order valence-electron chi connectivity index (χ3n) is 11.5. The van der Waals surface area contributed by atoms with Crippen molar-refractivity contribution in [3.63, 3.8) is 0 Å². The Morgan fingerprint density at radius 2 is 0.763 bits per heavy atom. The third kappa shape index (κ3) is 5.38. The van der Waals surface area contributed by atoms with Gasteiger partial charge in [0.25, 0.3) is 0 Å². The molecule has 0 aliphatic rings. The van der Waals surface area contributed by atoms with E-state index in [9.17, 15) is 0 Å². The van der Waals surface area contributed by atoms with E-state index in [2.05, 4.69) is 159 Å². The van der Waals surface area contributed by atoms with Gasteiger partial charge < -0.3 is 13.7 Å². The second-order valence-corrected chi connectivity index (χ2v) is 14.9. The number of nitrogens with zero attached hydrogens (tertiary/aromatic N) is 6. The molecule has 0 saturated heterocycles. The maximum Gasteiger partial charge on any atom is 0.164 e. The summed E-state index contributed by atoms with van der Waals surface area (Å²) in [4.78, 5) is 15.1. The van der Waals surface area contributed by atoms with E-state index in [0.29, 0.717) is 17.5 Å². The maximum atomic E-state index is 5.09. The first-order valence-electron chi connectivity index (χ1n) is 19.9. The summed E-state index contributed by atoms with van der Waals surface area (Å²) in [5.74, 6) is 1.89. The molecule has 0 fully saturated rings. The molecule has 4 aromatic heterocycles. The lowest BCUT2D eigenvalue weighted by Gasteiger charge is -2.12. The summed E-state index contributed by atoms with van der Waals surface area (Å²) in [6, 6.07) is 70.6. The number of rotatable bonds is 6. The van der Waals surface area contributed by atoms with Crippen LogP contribution in [0, 0.1) is 0 Å². The molecule has 6 heteroatoms.